The van der Waals surface area contributed by atoms with Crippen LogP contribution in [0, 0.1) is 12.3 Å². The monoisotopic (exact) mass is 257 g/mol. The Kier molecular flexibility index (Phi) is 3.56. The zero-order valence-electron chi connectivity index (χ0n) is 10.1. The van der Waals surface area contributed by atoms with Crippen molar-refractivity contribution in [3.05, 3.63) is 5.82 Å². The summed E-state index contributed by atoms with van der Waals surface area (Å²) in [6, 6.07) is 0.260. The second-order valence-electron chi connectivity index (χ2n) is 5.17. The van der Waals surface area contributed by atoms with Crippen molar-refractivity contribution in [3.63, 3.8) is 0 Å². The van der Waals surface area contributed by atoms with Crippen molar-refractivity contribution in [2.75, 3.05) is 0 Å². The summed E-state index contributed by atoms with van der Waals surface area (Å²) in [4.78, 5) is 4.40. The summed E-state index contributed by atoms with van der Waals surface area (Å²) in [6.07, 6.45) is 3.71. The van der Waals surface area contributed by atoms with E-state index in [2.05, 4.69) is 23.2 Å². The maximum atomic E-state index is 6.35. The maximum absolute atomic E-state index is 6.35. The minimum Gasteiger partial charge on any atom is -0.326 e. The minimum atomic E-state index is 0.260. The van der Waals surface area contributed by atoms with Crippen LogP contribution in [-0.2, 0) is 0 Å². The predicted molar refractivity (Wildman–Crippen MR) is 69.9 cm³/mol. The van der Waals surface area contributed by atoms with Crippen molar-refractivity contribution in [1.29, 1.82) is 0 Å². The number of aryl methyl sites for hydroxylation is 1. The molecule has 0 bridgehead atoms. The lowest BCUT2D eigenvalue weighted by atomic mass is 9.73. The lowest BCUT2D eigenvalue weighted by Crippen LogP contribution is -2.48. The van der Waals surface area contributed by atoms with Crippen molar-refractivity contribution in [1.82, 2.24) is 9.36 Å². The molecule has 16 heavy (non-hydrogen) atoms. The number of nitrogens with zero attached hydrogens (tertiary/aromatic N) is 2. The van der Waals surface area contributed by atoms with Gasteiger partial charge in [-0.1, -0.05) is 32.0 Å². The lowest BCUT2D eigenvalue weighted by Gasteiger charge is -2.41. The summed E-state index contributed by atoms with van der Waals surface area (Å²) < 4.78 is 5.28. The third-order valence-electron chi connectivity index (χ3n) is 3.37. The Morgan fingerprint density at radius 3 is 2.88 bits per heavy atom. The number of thioether (sulfide) groups is 1. The van der Waals surface area contributed by atoms with Crippen LogP contribution in [0.15, 0.2) is 4.34 Å². The molecule has 0 spiro atoms. The summed E-state index contributed by atoms with van der Waals surface area (Å²) in [6.45, 7) is 6.48. The molecule has 0 aromatic carbocycles. The van der Waals surface area contributed by atoms with Gasteiger partial charge in [-0.05, 0) is 36.7 Å². The molecule has 1 aliphatic carbocycles. The van der Waals surface area contributed by atoms with Crippen molar-refractivity contribution in [3.8, 4) is 0 Å². The number of hydrogen-bond donors (Lipinski definition) is 1. The first-order valence-electron chi connectivity index (χ1n) is 5.71. The first-order valence-corrected chi connectivity index (χ1v) is 7.37. The number of hydrogen-bond acceptors (Lipinski definition) is 5. The van der Waals surface area contributed by atoms with Gasteiger partial charge in [0.1, 0.15) is 5.82 Å². The Morgan fingerprint density at radius 2 is 2.25 bits per heavy atom. The second kappa shape index (κ2) is 4.63. The molecule has 1 fully saturated rings. The average Bonchev–Trinajstić information content (AvgIpc) is 2.59. The quantitative estimate of drug-likeness (QED) is 0.885. The van der Waals surface area contributed by atoms with E-state index >= 15 is 0 Å². The summed E-state index contributed by atoms with van der Waals surface area (Å²) in [5, 5.41) is 0.496. The topological polar surface area (TPSA) is 51.8 Å². The van der Waals surface area contributed by atoms with E-state index in [1.165, 1.54) is 30.8 Å². The summed E-state index contributed by atoms with van der Waals surface area (Å²) in [7, 11) is 0. The number of aromatic nitrogens is 2. The zero-order chi connectivity index (χ0) is 11.8. The molecule has 1 heterocycles. The molecule has 1 aromatic heterocycles. The highest BCUT2D eigenvalue weighted by atomic mass is 32.2. The fourth-order valence-electron chi connectivity index (χ4n) is 2.20. The van der Waals surface area contributed by atoms with Gasteiger partial charge in [0.25, 0.3) is 0 Å². The molecular formula is C11H19N3S2. The summed E-state index contributed by atoms with van der Waals surface area (Å²) in [5.74, 6) is 0.871. The van der Waals surface area contributed by atoms with Gasteiger partial charge in [0.2, 0.25) is 0 Å². The molecule has 2 rings (SSSR count). The molecule has 0 saturated heterocycles. The van der Waals surface area contributed by atoms with Crippen LogP contribution in [0.3, 0.4) is 0 Å². The SMILES string of the molecule is Cc1nsc(SC2CCCC(C)(C)C2N)n1. The summed E-state index contributed by atoms with van der Waals surface area (Å²) in [5.41, 5.74) is 6.61. The highest BCUT2D eigenvalue weighted by molar-refractivity contribution is 8.01. The largest absolute Gasteiger partial charge is 0.326 e. The highest BCUT2D eigenvalue weighted by Gasteiger charge is 2.37. The molecule has 1 aliphatic rings. The fraction of sp³-hybridized carbons (Fsp3) is 0.818. The van der Waals surface area contributed by atoms with E-state index < -0.39 is 0 Å². The van der Waals surface area contributed by atoms with Crippen LogP contribution in [0.1, 0.15) is 38.9 Å². The second-order valence-corrected chi connectivity index (χ2v) is 7.41. The van der Waals surface area contributed by atoms with E-state index in [1.807, 2.05) is 18.7 Å². The van der Waals surface area contributed by atoms with Crippen LogP contribution in [0.4, 0.5) is 0 Å². The Labute approximate surface area is 105 Å². The van der Waals surface area contributed by atoms with Gasteiger partial charge in [0.15, 0.2) is 4.34 Å². The van der Waals surface area contributed by atoms with Crippen LogP contribution in [-0.4, -0.2) is 20.6 Å². The van der Waals surface area contributed by atoms with Crippen LogP contribution in [0.5, 0.6) is 0 Å². The Balaban J connectivity index is 2.04. The normalized spacial score (nSPS) is 29.2. The molecule has 1 saturated carbocycles. The first-order chi connectivity index (χ1) is 7.49. The maximum Gasteiger partial charge on any atom is 0.170 e. The van der Waals surface area contributed by atoms with E-state index in [0.29, 0.717) is 5.25 Å². The molecule has 90 valence electrons. The number of rotatable bonds is 2. The predicted octanol–water partition coefficient (Wildman–Crippen LogP) is 2.84. The number of nitrogens with two attached hydrogens (primary N) is 1. The zero-order valence-corrected chi connectivity index (χ0v) is 11.7. The van der Waals surface area contributed by atoms with Crippen molar-refractivity contribution >= 4 is 23.3 Å². The van der Waals surface area contributed by atoms with Crippen LogP contribution >= 0.6 is 23.3 Å². The van der Waals surface area contributed by atoms with E-state index in [4.69, 9.17) is 5.73 Å². The third kappa shape index (κ3) is 2.57. The van der Waals surface area contributed by atoms with Gasteiger partial charge >= 0.3 is 0 Å². The van der Waals surface area contributed by atoms with Crippen molar-refractivity contribution < 1.29 is 0 Å². The van der Waals surface area contributed by atoms with Gasteiger partial charge in [-0.2, -0.15) is 4.37 Å². The van der Waals surface area contributed by atoms with Crippen LogP contribution in [0.2, 0.25) is 0 Å². The van der Waals surface area contributed by atoms with Crippen molar-refractivity contribution in [2.45, 2.75) is 55.7 Å². The lowest BCUT2D eigenvalue weighted by molar-refractivity contribution is 0.208. The van der Waals surface area contributed by atoms with Gasteiger partial charge < -0.3 is 5.73 Å². The van der Waals surface area contributed by atoms with Crippen LogP contribution < -0.4 is 5.73 Å². The van der Waals surface area contributed by atoms with Gasteiger partial charge in [0, 0.05) is 11.3 Å². The molecular weight excluding hydrogens is 238 g/mol. The molecule has 5 heteroatoms. The molecule has 0 amide bonds. The third-order valence-corrected chi connectivity index (χ3v) is 5.61. The van der Waals surface area contributed by atoms with Gasteiger partial charge in [-0.3, -0.25) is 0 Å². The Bertz CT molecular complexity index is 362. The summed E-state index contributed by atoms with van der Waals surface area (Å²) >= 11 is 3.31. The molecule has 0 radical (unpaired) electrons. The average molecular weight is 257 g/mol. The van der Waals surface area contributed by atoms with Gasteiger partial charge in [-0.15, -0.1) is 0 Å². The molecule has 2 unspecified atom stereocenters. The Hall–Kier alpha value is -0.130. The van der Waals surface area contributed by atoms with Gasteiger partial charge in [-0.25, -0.2) is 4.98 Å². The standard InChI is InChI=1S/C11H19N3S2/c1-7-13-10(16-14-7)15-8-5-4-6-11(2,3)9(8)12/h8-9H,4-6,12H2,1-3H3. The van der Waals surface area contributed by atoms with E-state index in [-0.39, 0.29) is 11.5 Å². The van der Waals surface area contributed by atoms with E-state index in [9.17, 15) is 0 Å². The van der Waals surface area contributed by atoms with E-state index in [0.717, 1.165) is 10.2 Å². The molecule has 2 atom stereocenters. The first kappa shape index (κ1) is 12.3. The smallest absolute Gasteiger partial charge is 0.170 e. The molecule has 2 N–H and O–H groups in total. The van der Waals surface area contributed by atoms with Crippen LogP contribution in [0.25, 0.3) is 0 Å². The van der Waals surface area contributed by atoms with E-state index in [1.54, 1.807) is 0 Å². The molecule has 3 nitrogen and oxygen atoms in total. The fourth-order valence-corrected chi connectivity index (χ4v) is 4.52. The molecule has 1 aromatic rings. The molecule has 0 aliphatic heterocycles. The van der Waals surface area contributed by atoms with Crippen molar-refractivity contribution in [2.24, 2.45) is 11.1 Å². The highest BCUT2D eigenvalue weighted by Crippen LogP contribution is 2.41. The Morgan fingerprint density at radius 1 is 1.50 bits per heavy atom. The minimum absolute atomic E-state index is 0.260. The van der Waals surface area contributed by atoms with Gasteiger partial charge in [0.05, 0.1) is 0 Å².